The van der Waals surface area contributed by atoms with E-state index >= 15 is 0 Å². The number of aromatic nitrogens is 4. The molecule has 2 saturated heterocycles. The van der Waals surface area contributed by atoms with Gasteiger partial charge in [0.2, 0.25) is 10.0 Å². The molecule has 0 unspecified atom stereocenters. The van der Waals surface area contributed by atoms with Crippen LogP contribution in [0.3, 0.4) is 0 Å². The Hall–Kier alpha value is -2.70. The Balaban J connectivity index is 1.26. The first-order valence-corrected chi connectivity index (χ1v) is 15.2. The van der Waals surface area contributed by atoms with Crippen molar-refractivity contribution >= 4 is 44.5 Å². The van der Waals surface area contributed by atoms with Crippen LogP contribution in [0, 0.1) is 0 Å². The van der Waals surface area contributed by atoms with Crippen molar-refractivity contribution in [2.24, 2.45) is 0 Å². The number of carbonyl (C=O) groups is 1. The molecule has 1 N–H and O–H groups in total. The highest BCUT2D eigenvalue weighted by Gasteiger charge is 2.27. The number of benzene rings is 1. The summed E-state index contributed by atoms with van der Waals surface area (Å²) in [7, 11) is -3.50. The number of carbonyl (C=O) groups excluding carboxylic acids is 1. The van der Waals surface area contributed by atoms with Gasteiger partial charge in [-0.2, -0.15) is 9.40 Å². The fourth-order valence-electron chi connectivity index (χ4n) is 4.75. The topological polar surface area (TPSA) is 113 Å². The van der Waals surface area contributed by atoms with Crippen LogP contribution in [0.4, 0.5) is 5.82 Å². The number of rotatable bonds is 9. The molecule has 0 spiro atoms. The van der Waals surface area contributed by atoms with E-state index in [-0.39, 0.29) is 10.8 Å². The quantitative estimate of drug-likeness (QED) is 0.324. The van der Waals surface area contributed by atoms with Crippen LogP contribution in [-0.2, 0) is 16.6 Å². The highest BCUT2D eigenvalue weighted by molar-refractivity contribution is 7.99. The SMILES string of the molecule is CC(C)Sc1nc(N2CCCC2)c2cnn(CCNC(=O)c3ccc(S(=O)(=O)N4CCCC4)cc3)c2n1. The van der Waals surface area contributed by atoms with Crippen molar-refractivity contribution in [3.8, 4) is 0 Å². The Kier molecular flexibility index (Phi) is 7.68. The highest BCUT2D eigenvalue weighted by atomic mass is 32.2. The summed E-state index contributed by atoms with van der Waals surface area (Å²) >= 11 is 1.63. The van der Waals surface area contributed by atoms with Gasteiger partial charge in [0.15, 0.2) is 10.8 Å². The van der Waals surface area contributed by atoms with Crippen LogP contribution in [0.25, 0.3) is 11.0 Å². The maximum Gasteiger partial charge on any atom is 0.251 e. The Bertz CT molecular complexity index is 1360. The number of sulfonamides is 1. The standard InChI is InChI=1S/C25H33N7O3S2/c1-18(2)36-25-28-22(30-12-3-4-13-30)21-17-27-32(23(21)29-25)16-11-26-24(33)19-7-9-20(10-8-19)37(34,35)31-14-5-6-15-31/h7-10,17-18H,3-6,11-16H2,1-2H3,(H,26,33). The second-order valence-electron chi connectivity index (χ2n) is 9.69. The van der Waals surface area contributed by atoms with Crippen LogP contribution in [0.1, 0.15) is 49.9 Å². The summed E-state index contributed by atoms with van der Waals surface area (Å²) in [5.41, 5.74) is 1.19. The van der Waals surface area contributed by atoms with E-state index in [0.29, 0.717) is 37.0 Å². The lowest BCUT2D eigenvalue weighted by atomic mass is 10.2. The molecule has 2 aromatic heterocycles. The minimum Gasteiger partial charge on any atom is -0.356 e. The number of anilines is 1. The van der Waals surface area contributed by atoms with Crippen LogP contribution in [-0.4, -0.2) is 76.4 Å². The molecular formula is C25H33N7O3S2. The number of hydrogen-bond acceptors (Lipinski definition) is 8. The van der Waals surface area contributed by atoms with E-state index in [1.54, 1.807) is 23.9 Å². The lowest BCUT2D eigenvalue weighted by Gasteiger charge is -2.18. The smallest absolute Gasteiger partial charge is 0.251 e. The number of nitrogens with zero attached hydrogens (tertiary/aromatic N) is 6. The molecule has 10 nitrogen and oxygen atoms in total. The van der Waals surface area contributed by atoms with Crippen molar-refractivity contribution < 1.29 is 13.2 Å². The minimum absolute atomic E-state index is 0.220. The molecule has 37 heavy (non-hydrogen) atoms. The molecule has 2 aliphatic heterocycles. The van der Waals surface area contributed by atoms with Crippen molar-refractivity contribution in [1.82, 2.24) is 29.4 Å². The van der Waals surface area contributed by atoms with Gasteiger partial charge in [0.05, 0.1) is 23.0 Å². The molecule has 5 rings (SSSR count). The van der Waals surface area contributed by atoms with Gasteiger partial charge in [-0.05, 0) is 49.9 Å². The van der Waals surface area contributed by atoms with E-state index in [1.165, 1.54) is 16.4 Å². The van der Waals surface area contributed by atoms with Gasteiger partial charge in [-0.3, -0.25) is 4.79 Å². The van der Waals surface area contributed by atoms with E-state index in [0.717, 1.165) is 60.8 Å². The van der Waals surface area contributed by atoms with Crippen molar-refractivity contribution in [3.05, 3.63) is 36.0 Å². The zero-order chi connectivity index (χ0) is 26.0. The van der Waals surface area contributed by atoms with E-state index in [2.05, 4.69) is 29.2 Å². The second kappa shape index (κ2) is 11.0. The molecule has 0 bridgehead atoms. The molecule has 0 atom stereocenters. The zero-order valence-corrected chi connectivity index (χ0v) is 22.9. The molecule has 0 radical (unpaired) electrons. The van der Waals surface area contributed by atoms with Crippen LogP contribution in [0.2, 0.25) is 0 Å². The fraction of sp³-hybridized carbons (Fsp3) is 0.520. The van der Waals surface area contributed by atoms with Gasteiger partial charge in [0.25, 0.3) is 5.91 Å². The van der Waals surface area contributed by atoms with Gasteiger partial charge in [-0.15, -0.1) is 0 Å². The minimum atomic E-state index is -3.50. The molecule has 2 aliphatic rings. The largest absolute Gasteiger partial charge is 0.356 e. The average molecular weight is 544 g/mol. The van der Waals surface area contributed by atoms with E-state index in [4.69, 9.17) is 9.97 Å². The lowest BCUT2D eigenvalue weighted by Crippen LogP contribution is -2.29. The van der Waals surface area contributed by atoms with Crippen LogP contribution in [0.5, 0.6) is 0 Å². The van der Waals surface area contributed by atoms with Gasteiger partial charge in [-0.25, -0.2) is 23.1 Å². The molecule has 12 heteroatoms. The molecule has 0 aliphatic carbocycles. The van der Waals surface area contributed by atoms with Gasteiger partial charge in [-0.1, -0.05) is 25.6 Å². The lowest BCUT2D eigenvalue weighted by molar-refractivity contribution is 0.0952. The highest BCUT2D eigenvalue weighted by Crippen LogP contribution is 2.30. The Morgan fingerprint density at radius 1 is 1.03 bits per heavy atom. The van der Waals surface area contributed by atoms with Gasteiger partial charge in [0, 0.05) is 43.5 Å². The van der Waals surface area contributed by atoms with Crippen LogP contribution < -0.4 is 10.2 Å². The summed E-state index contributed by atoms with van der Waals surface area (Å²) < 4.78 is 28.7. The third kappa shape index (κ3) is 5.60. The van der Waals surface area contributed by atoms with Crippen molar-refractivity contribution in [2.45, 2.75) is 61.4 Å². The summed E-state index contributed by atoms with van der Waals surface area (Å²) in [5, 5.41) is 9.48. The Morgan fingerprint density at radius 2 is 1.70 bits per heavy atom. The second-order valence-corrected chi connectivity index (χ2v) is 13.2. The molecule has 3 aromatic rings. The summed E-state index contributed by atoms with van der Waals surface area (Å²) in [5.74, 6) is 0.676. The molecule has 0 saturated carbocycles. The van der Waals surface area contributed by atoms with E-state index < -0.39 is 10.0 Å². The van der Waals surface area contributed by atoms with Crippen molar-refractivity contribution in [2.75, 3.05) is 37.6 Å². The van der Waals surface area contributed by atoms with Crippen molar-refractivity contribution in [1.29, 1.82) is 0 Å². The molecule has 1 aromatic carbocycles. The molecule has 2 fully saturated rings. The average Bonchev–Trinajstić information content (AvgIpc) is 3.66. The normalized spacial score (nSPS) is 16.8. The Labute approximate surface area is 221 Å². The molecule has 198 valence electrons. The maximum atomic E-state index is 12.7. The Morgan fingerprint density at radius 3 is 2.38 bits per heavy atom. The molecule has 4 heterocycles. The number of fused-ring (bicyclic) bond motifs is 1. The first-order valence-electron chi connectivity index (χ1n) is 12.9. The number of hydrogen-bond donors (Lipinski definition) is 1. The van der Waals surface area contributed by atoms with Gasteiger partial charge in [0.1, 0.15) is 5.82 Å². The van der Waals surface area contributed by atoms with Crippen LogP contribution >= 0.6 is 11.8 Å². The molecule has 1 amide bonds. The summed E-state index contributed by atoms with van der Waals surface area (Å²) in [4.78, 5) is 24.9. The number of nitrogens with one attached hydrogen (secondary N) is 1. The first-order chi connectivity index (χ1) is 17.8. The summed E-state index contributed by atoms with van der Waals surface area (Å²) in [6, 6.07) is 6.14. The molecular weight excluding hydrogens is 510 g/mol. The predicted octanol–water partition coefficient (Wildman–Crippen LogP) is 3.14. The van der Waals surface area contributed by atoms with Gasteiger partial charge >= 0.3 is 0 Å². The summed E-state index contributed by atoms with van der Waals surface area (Å²) in [6.45, 7) is 8.13. The van der Waals surface area contributed by atoms with Crippen molar-refractivity contribution in [3.63, 3.8) is 0 Å². The first kappa shape index (κ1) is 25.9. The van der Waals surface area contributed by atoms with E-state index in [9.17, 15) is 13.2 Å². The monoisotopic (exact) mass is 543 g/mol. The zero-order valence-electron chi connectivity index (χ0n) is 21.3. The fourth-order valence-corrected chi connectivity index (χ4v) is 6.97. The predicted molar refractivity (Wildman–Crippen MR) is 145 cm³/mol. The van der Waals surface area contributed by atoms with Gasteiger partial charge < -0.3 is 10.2 Å². The third-order valence-corrected chi connectivity index (χ3v) is 9.41. The third-order valence-electron chi connectivity index (χ3n) is 6.63. The maximum absolute atomic E-state index is 12.7. The summed E-state index contributed by atoms with van der Waals surface area (Å²) in [6.07, 6.45) is 5.89. The number of amides is 1. The van der Waals surface area contributed by atoms with Crippen LogP contribution in [0.15, 0.2) is 40.5 Å². The van der Waals surface area contributed by atoms with E-state index in [1.807, 2.05) is 10.9 Å². The number of thioether (sulfide) groups is 1.